The van der Waals surface area contributed by atoms with Gasteiger partial charge in [0.05, 0.1) is 11.4 Å². The quantitative estimate of drug-likeness (QED) is 0.830. The first-order chi connectivity index (χ1) is 7.93. The van der Waals surface area contributed by atoms with Gasteiger partial charge in [-0.05, 0) is 13.8 Å². The van der Waals surface area contributed by atoms with E-state index in [2.05, 4.69) is 10.2 Å². The summed E-state index contributed by atoms with van der Waals surface area (Å²) in [6.45, 7) is 3.88. The van der Waals surface area contributed by atoms with E-state index in [1.54, 1.807) is 13.8 Å². The Morgan fingerprint density at radius 2 is 1.82 bits per heavy atom. The highest BCUT2D eigenvalue weighted by Crippen LogP contribution is 2.23. The molecule has 0 unspecified atom stereocenters. The Balaban J connectivity index is 2.34. The van der Waals surface area contributed by atoms with Gasteiger partial charge in [0.2, 0.25) is 10.0 Å². The number of piperidine rings is 1. The fraction of sp³-hybridized carbons (Fsp3) is 0.600. The molecule has 17 heavy (non-hydrogen) atoms. The molecule has 1 aliphatic heterocycles. The standard InChI is InChI=1S/C10H15N3O3S/c1-7-10(8(2)12-11-7)17(15,16)13-5-3-9(14)4-6-13/h3-6H2,1-2H3,(H,11,12). The zero-order valence-electron chi connectivity index (χ0n) is 9.86. The van der Waals surface area contributed by atoms with Gasteiger partial charge in [-0.25, -0.2) is 8.42 Å². The topological polar surface area (TPSA) is 83.1 Å². The molecule has 0 aliphatic carbocycles. The number of carbonyl (C=O) groups excluding carboxylic acids is 1. The molecule has 1 aromatic rings. The van der Waals surface area contributed by atoms with Crippen LogP contribution in [0.15, 0.2) is 4.90 Å². The second-order valence-electron chi connectivity index (χ2n) is 4.21. The minimum Gasteiger partial charge on any atom is -0.300 e. The highest BCUT2D eigenvalue weighted by molar-refractivity contribution is 7.89. The molecule has 1 saturated heterocycles. The number of nitrogens with one attached hydrogen (secondary N) is 1. The Labute approximate surface area is 100 Å². The van der Waals surface area contributed by atoms with Crippen molar-refractivity contribution in [3.05, 3.63) is 11.4 Å². The zero-order chi connectivity index (χ0) is 12.6. The van der Waals surface area contributed by atoms with Crippen molar-refractivity contribution in [2.24, 2.45) is 0 Å². The van der Waals surface area contributed by atoms with Gasteiger partial charge in [-0.15, -0.1) is 0 Å². The molecule has 1 fully saturated rings. The SMILES string of the molecule is Cc1n[nH]c(C)c1S(=O)(=O)N1CCC(=O)CC1. The van der Waals surface area contributed by atoms with E-state index in [-0.39, 0.29) is 23.8 Å². The third kappa shape index (κ3) is 2.12. The molecule has 1 aliphatic rings. The Morgan fingerprint density at radius 1 is 1.24 bits per heavy atom. The second kappa shape index (κ2) is 4.23. The predicted molar refractivity (Wildman–Crippen MR) is 61.1 cm³/mol. The van der Waals surface area contributed by atoms with Crippen molar-refractivity contribution >= 4 is 15.8 Å². The van der Waals surface area contributed by atoms with Crippen LogP contribution in [-0.4, -0.2) is 41.8 Å². The molecule has 0 saturated carbocycles. The third-order valence-corrected chi connectivity index (χ3v) is 5.10. The van der Waals surface area contributed by atoms with Gasteiger partial charge in [0, 0.05) is 25.9 Å². The van der Waals surface area contributed by atoms with Crippen LogP contribution in [-0.2, 0) is 14.8 Å². The number of nitrogens with zero attached hydrogens (tertiary/aromatic N) is 2. The van der Waals surface area contributed by atoms with E-state index in [1.807, 2.05) is 0 Å². The monoisotopic (exact) mass is 257 g/mol. The number of aryl methyl sites for hydroxylation is 2. The first-order valence-corrected chi connectivity index (χ1v) is 6.90. The summed E-state index contributed by atoms with van der Waals surface area (Å²) in [6.07, 6.45) is 0.602. The van der Waals surface area contributed by atoms with Crippen LogP contribution in [0.3, 0.4) is 0 Å². The van der Waals surface area contributed by atoms with Gasteiger partial charge >= 0.3 is 0 Å². The average Bonchev–Trinajstić information content (AvgIpc) is 2.59. The van der Waals surface area contributed by atoms with Crippen LogP contribution < -0.4 is 0 Å². The summed E-state index contributed by atoms with van der Waals surface area (Å²) < 4.78 is 26.1. The number of aromatic amines is 1. The summed E-state index contributed by atoms with van der Waals surface area (Å²) in [5.74, 6) is 0.122. The second-order valence-corrected chi connectivity index (χ2v) is 6.08. The molecular formula is C10H15N3O3S. The first-order valence-electron chi connectivity index (χ1n) is 5.46. The van der Waals surface area contributed by atoms with E-state index >= 15 is 0 Å². The Kier molecular flexibility index (Phi) is 3.05. The van der Waals surface area contributed by atoms with E-state index < -0.39 is 10.0 Å². The Hall–Kier alpha value is -1.21. The van der Waals surface area contributed by atoms with Gasteiger partial charge in [-0.2, -0.15) is 9.40 Å². The molecule has 0 bridgehead atoms. The van der Waals surface area contributed by atoms with Crippen LogP contribution in [0, 0.1) is 13.8 Å². The number of sulfonamides is 1. The highest BCUT2D eigenvalue weighted by atomic mass is 32.2. The van der Waals surface area contributed by atoms with E-state index in [9.17, 15) is 13.2 Å². The van der Waals surface area contributed by atoms with E-state index in [0.29, 0.717) is 24.2 Å². The molecule has 0 amide bonds. The number of H-pyrrole nitrogens is 1. The number of Topliss-reactive ketones (excluding diaryl/α,β-unsaturated/α-hetero) is 1. The van der Waals surface area contributed by atoms with Crippen molar-refractivity contribution in [2.75, 3.05) is 13.1 Å². The van der Waals surface area contributed by atoms with Crippen molar-refractivity contribution in [3.8, 4) is 0 Å². The lowest BCUT2D eigenvalue weighted by molar-refractivity contribution is -0.120. The number of carbonyl (C=O) groups is 1. The molecule has 94 valence electrons. The molecule has 7 heteroatoms. The lowest BCUT2D eigenvalue weighted by Crippen LogP contribution is -2.38. The fourth-order valence-corrected chi connectivity index (χ4v) is 3.80. The van der Waals surface area contributed by atoms with E-state index in [0.717, 1.165) is 0 Å². The Morgan fingerprint density at radius 3 is 2.29 bits per heavy atom. The smallest absolute Gasteiger partial charge is 0.246 e. The van der Waals surface area contributed by atoms with Crippen molar-refractivity contribution in [2.45, 2.75) is 31.6 Å². The van der Waals surface area contributed by atoms with Crippen LogP contribution in [0.25, 0.3) is 0 Å². The number of hydrogen-bond donors (Lipinski definition) is 1. The first kappa shape index (κ1) is 12.3. The summed E-state index contributed by atoms with van der Waals surface area (Å²) in [5.41, 5.74) is 1.01. The molecule has 1 N–H and O–H groups in total. The van der Waals surface area contributed by atoms with Crippen LogP contribution in [0.2, 0.25) is 0 Å². The van der Waals surface area contributed by atoms with E-state index in [4.69, 9.17) is 0 Å². The van der Waals surface area contributed by atoms with Crippen LogP contribution >= 0.6 is 0 Å². The average molecular weight is 257 g/mol. The Bertz CT molecular complexity index is 518. The summed E-state index contributed by atoms with van der Waals surface area (Å²) in [7, 11) is -3.52. The number of ketones is 1. The summed E-state index contributed by atoms with van der Waals surface area (Å²) in [4.78, 5) is 11.4. The number of rotatable bonds is 2. The van der Waals surface area contributed by atoms with Crippen LogP contribution in [0.1, 0.15) is 24.2 Å². The fourth-order valence-electron chi connectivity index (χ4n) is 2.03. The minimum absolute atomic E-state index is 0.122. The maximum Gasteiger partial charge on any atom is 0.246 e. The van der Waals surface area contributed by atoms with Crippen LogP contribution in [0.4, 0.5) is 0 Å². The summed E-state index contributed by atoms with van der Waals surface area (Å²) in [6, 6.07) is 0. The molecule has 0 radical (unpaired) electrons. The lowest BCUT2D eigenvalue weighted by atomic mass is 10.1. The third-order valence-electron chi connectivity index (χ3n) is 2.94. The molecule has 2 heterocycles. The minimum atomic E-state index is -3.52. The van der Waals surface area contributed by atoms with Gasteiger partial charge < -0.3 is 0 Å². The maximum atomic E-state index is 12.4. The van der Waals surface area contributed by atoms with Crippen LogP contribution in [0.5, 0.6) is 0 Å². The summed E-state index contributed by atoms with van der Waals surface area (Å²) >= 11 is 0. The highest BCUT2D eigenvalue weighted by Gasteiger charge is 2.32. The zero-order valence-corrected chi connectivity index (χ0v) is 10.7. The molecular weight excluding hydrogens is 242 g/mol. The maximum absolute atomic E-state index is 12.4. The lowest BCUT2D eigenvalue weighted by Gasteiger charge is -2.25. The van der Waals surface area contributed by atoms with Crippen molar-refractivity contribution in [1.29, 1.82) is 0 Å². The molecule has 0 aromatic carbocycles. The van der Waals surface area contributed by atoms with Gasteiger partial charge in [0.1, 0.15) is 10.7 Å². The molecule has 6 nitrogen and oxygen atoms in total. The molecule has 0 spiro atoms. The molecule has 2 rings (SSSR count). The molecule has 1 aromatic heterocycles. The van der Waals surface area contributed by atoms with Crippen molar-refractivity contribution in [3.63, 3.8) is 0 Å². The predicted octanol–water partition coefficient (Wildman–Crippen LogP) is 0.380. The van der Waals surface area contributed by atoms with Gasteiger partial charge in [0.25, 0.3) is 0 Å². The largest absolute Gasteiger partial charge is 0.300 e. The summed E-state index contributed by atoms with van der Waals surface area (Å²) in [5, 5.41) is 6.56. The molecule has 0 atom stereocenters. The van der Waals surface area contributed by atoms with Crippen molar-refractivity contribution in [1.82, 2.24) is 14.5 Å². The van der Waals surface area contributed by atoms with E-state index in [1.165, 1.54) is 4.31 Å². The van der Waals surface area contributed by atoms with Gasteiger partial charge in [0.15, 0.2) is 0 Å². The normalized spacial score (nSPS) is 18.6. The number of aromatic nitrogens is 2. The number of hydrogen-bond acceptors (Lipinski definition) is 4. The van der Waals surface area contributed by atoms with Gasteiger partial charge in [-0.3, -0.25) is 9.89 Å². The van der Waals surface area contributed by atoms with Crippen molar-refractivity contribution < 1.29 is 13.2 Å². The van der Waals surface area contributed by atoms with Gasteiger partial charge in [-0.1, -0.05) is 0 Å².